The molecule has 0 amide bonds. The van der Waals surface area contributed by atoms with Crippen LogP contribution in [0.2, 0.25) is 0 Å². The highest BCUT2D eigenvalue weighted by molar-refractivity contribution is 6.16. The Morgan fingerprint density at radius 2 is 0.802 bits per heavy atom. The van der Waals surface area contributed by atoms with Gasteiger partial charge in [0.2, 0.25) is 0 Å². The summed E-state index contributed by atoms with van der Waals surface area (Å²) in [6, 6.07) is 116. The van der Waals surface area contributed by atoms with E-state index in [0.717, 1.165) is 78.3 Å². The quantitative estimate of drug-likeness (QED) is 0.136. The van der Waals surface area contributed by atoms with E-state index in [9.17, 15) is 0 Å². The summed E-state index contributed by atoms with van der Waals surface area (Å²) in [4.78, 5) is 5.16. The van der Waals surface area contributed by atoms with Crippen molar-refractivity contribution in [3.8, 4) is 44.5 Å². The lowest BCUT2D eigenvalue weighted by molar-refractivity contribution is 0.454. The highest BCUT2D eigenvalue weighted by atomic mass is 16.3. The largest absolute Gasteiger partial charge is 0.456 e. The topological polar surface area (TPSA) is 19.6 Å². The van der Waals surface area contributed by atoms with Crippen LogP contribution in [0.3, 0.4) is 0 Å². The van der Waals surface area contributed by atoms with Gasteiger partial charge in [0.25, 0.3) is 0 Å². The molecule has 0 spiro atoms. The molecule has 1 aromatic heterocycles. The first-order valence-corrected chi connectivity index (χ1v) is 33.9. The average molecular weight is 1230 g/mol. The summed E-state index contributed by atoms with van der Waals surface area (Å²) in [6.07, 6.45) is 7.65. The van der Waals surface area contributed by atoms with E-state index < -0.39 is 5.41 Å². The SMILES string of the molecule is CC1(C)c2ccccc2-c2ccc(N(C3=CC4C(C=C3)c3c(cc(N(c5ccc6c(c5)C(C)(C)c5ccccc5-6)c5ccccc5-c5ccccc5)c5c3oc3ccccc35)C4(c3ccc4ccccc4c3)c3ccc4ccccc4c3)c3ccccc3-c3ccccc3)cc21. The van der Waals surface area contributed by atoms with Gasteiger partial charge in [-0.3, -0.25) is 0 Å². The van der Waals surface area contributed by atoms with E-state index in [4.69, 9.17) is 4.42 Å². The third-order valence-electron chi connectivity index (χ3n) is 22.2. The Kier molecular flexibility index (Phi) is 12.4. The molecule has 0 bridgehead atoms. The molecule has 15 aromatic rings. The van der Waals surface area contributed by atoms with Crippen molar-refractivity contribution >= 4 is 71.9 Å². The molecule has 96 heavy (non-hydrogen) atoms. The monoisotopic (exact) mass is 1230 g/mol. The molecule has 0 radical (unpaired) electrons. The molecule has 14 aromatic carbocycles. The second-order valence-electron chi connectivity index (χ2n) is 27.8. The third-order valence-corrected chi connectivity index (χ3v) is 22.2. The maximum absolute atomic E-state index is 7.75. The van der Waals surface area contributed by atoms with Crippen LogP contribution in [0.15, 0.2) is 338 Å². The lowest BCUT2D eigenvalue weighted by Crippen LogP contribution is -2.36. The fourth-order valence-corrected chi connectivity index (χ4v) is 17.7. The number of fused-ring (bicyclic) bond motifs is 15. The zero-order valence-corrected chi connectivity index (χ0v) is 54.1. The molecule has 0 N–H and O–H groups in total. The van der Waals surface area contributed by atoms with Crippen molar-refractivity contribution in [1.29, 1.82) is 0 Å². The van der Waals surface area contributed by atoms with Crippen LogP contribution in [-0.4, -0.2) is 0 Å². The molecule has 4 aliphatic rings. The van der Waals surface area contributed by atoms with Crippen molar-refractivity contribution in [2.24, 2.45) is 5.92 Å². The zero-order valence-electron chi connectivity index (χ0n) is 54.1. The second-order valence-corrected chi connectivity index (χ2v) is 27.8. The molecule has 2 atom stereocenters. The minimum Gasteiger partial charge on any atom is -0.456 e. The maximum atomic E-state index is 7.75. The van der Waals surface area contributed by atoms with E-state index in [1.54, 1.807) is 0 Å². The van der Waals surface area contributed by atoms with Gasteiger partial charge in [0.15, 0.2) is 0 Å². The van der Waals surface area contributed by atoms with Gasteiger partial charge in [-0.1, -0.05) is 289 Å². The highest BCUT2D eigenvalue weighted by Gasteiger charge is 2.56. The third kappa shape index (κ3) is 8.20. The van der Waals surface area contributed by atoms with Gasteiger partial charge in [0.1, 0.15) is 11.2 Å². The molecule has 1 heterocycles. The molecule has 4 aliphatic carbocycles. The number of nitrogens with zero attached hydrogens (tertiary/aromatic N) is 2. The van der Waals surface area contributed by atoms with E-state index in [0.29, 0.717) is 0 Å². The van der Waals surface area contributed by atoms with Crippen molar-refractivity contribution in [1.82, 2.24) is 0 Å². The number of allylic oxidation sites excluding steroid dienone is 3. The Morgan fingerprint density at radius 1 is 0.344 bits per heavy atom. The molecule has 456 valence electrons. The molecule has 2 unspecified atom stereocenters. The minimum atomic E-state index is -0.843. The van der Waals surface area contributed by atoms with E-state index in [-0.39, 0.29) is 22.7 Å². The average Bonchev–Trinajstić information content (AvgIpc) is 1.49. The van der Waals surface area contributed by atoms with E-state index >= 15 is 0 Å². The van der Waals surface area contributed by atoms with Crippen LogP contribution < -0.4 is 9.80 Å². The van der Waals surface area contributed by atoms with Gasteiger partial charge < -0.3 is 14.2 Å². The van der Waals surface area contributed by atoms with Crippen LogP contribution in [0, 0.1) is 5.92 Å². The number of hydrogen-bond acceptors (Lipinski definition) is 3. The first-order valence-electron chi connectivity index (χ1n) is 33.9. The van der Waals surface area contributed by atoms with Crippen LogP contribution in [0.4, 0.5) is 28.4 Å². The molecule has 3 nitrogen and oxygen atoms in total. The van der Waals surface area contributed by atoms with E-state index in [2.05, 4.69) is 365 Å². The maximum Gasteiger partial charge on any atom is 0.141 e. The molecular formula is C93H68N2O. The Balaban J connectivity index is 0.940. The van der Waals surface area contributed by atoms with Crippen LogP contribution in [0.25, 0.3) is 88.0 Å². The first kappa shape index (κ1) is 56.1. The van der Waals surface area contributed by atoms with Gasteiger partial charge in [-0.15, -0.1) is 0 Å². The lowest BCUT2D eigenvalue weighted by Gasteiger charge is -2.41. The Morgan fingerprint density at radius 3 is 1.38 bits per heavy atom. The van der Waals surface area contributed by atoms with Crippen LogP contribution in [0.5, 0.6) is 0 Å². The van der Waals surface area contributed by atoms with E-state index in [1.165, 1.54) is 88.3 Å². The summed E-state index contributed by atoms with van der Waals surface area (Å²) >= 11 is 0. The van der Waals surface area contributed by atoms with Gasteiger partial charge in [-0.2, -0.15) is 0 Å². The Hall–Kier alpha value is -11.5. The van der Waals surface area contributed by atoms with Gasteiger partial charge >= 0.3 is 0 Å². The predicted molar refractivity (Wildman–Crippen MR) is 401 cm³/mol. The molecule has 0 aliphatic heterocycles. The molecule has 19 rings (SSSR count). The number of furan rings is 1. The second kappa shape index (κ2) is 21.2. The Labute approximate surface area is 560 Å². The van der Waals surface area contributed by atoms with Crippen molar-refractivity contribution in [3.05, 3.63) is 378 Å². The number of anilines is 5. The fraction of sp³-hybridized carbons (Fsp3) is 0.0968. The van der Waals surface area contributed by atoms with Crippen molar-refractivity contribution in [2.75, 3.05) is 9.80 Å². The molecule has 0 saturated carbocycles. The number of rotatable bonds is 10. The van der Waals surface area contributed by atoms with Crippen molar-refractivity contribution in [3.63, 3.8) is 0 Å². The normalized spacial score (nSPS) is 16.4. The number of para-hydroxylation sites is 3. The summed E-state index contributed by atoms with van der Waals surface area (Å²) in [5.41, 5.74) is 27.0. The van der Waals surface area contributed by atoms with Gasteiger partial charge in [0, 0.05) is 61.8 Å². The lowest BCUT2D eigenvalue weighted by atomic mass is 9.62. The summed E-state index contributed by atoms with van der Waals surface area (Å²) in [5.74, 6) is -0.352. The van der Waals surface area contributed by atoms with Crippen molar-refractivity contribution < 1.29 is 4.42 Å². The predicted octanol–water partition coefficient (Wildman–Crippen LogP) is 24.6. The Bertz CT molecular complexity index is 5680. The smallest absolute Gasteiger partial charge is 0.141 e. The van der Waals surface area contributed by atoms with Crippen LogP contribution in [-0.2, 0) is 16.2 Å². The van der Waals surface area contributed by atoms with Crippen LogP contribution in [0.1, 0.15) is 78.1 Å². The molecule has 3 heteroatoms. The molecule has 0 saturated heterocycles. The van der Waals surface area contributed by atoms with E-state index in [1.807, 2.05) is 0 Å². The summed E-state index contributed by atoms with van der Waals surface area (Å²) in [7, 11) is 0. The fourth-order valence-electron chi connectivity index (χ4n) is 17.7. The highest BCUT2D eigenvalue weighted by Crippen LogP contribution is 2.65. The summed E-state index contributed by atoms with van der Waals surface area (Å²) in [5, 5.41) is 6.96. The van der Waals surface area contributed by atoms with Gasteiger partial charge in [-0.05, 0) is 161 Å². The van der Waals surface area contributed by atoms with Gasteiger partial charge in [0.05, 0.1) is 27.9 Å². The molecular weight excluding hydrogens is 1160 g/mol. The van der Waals surface area contributed by atoms with Crippen LogP contribution >= 0.6 is 0 Å². The number of hydrogen-bond donors (Lipinski definition) is 0. The first-order chi connectivity index (χ1) is 47.1. The van der Waals surface area contributed by atoms with Gasteiger partial charge in [-0.25, -0.2) is 0 Å². The zero-order chi connectivity index (χ0) is 64.0. The standard InChI is InChI=1S/C93H68N2O/c1-91(2)78-38-20-15-35-72(78)74-50-47-67(55-80(74)91)94(84-40-22-17-33-70(84)61-27-7-5-8-28-61)68-49-52-76-82(57-68)93(65-45-43-59-25-11-13-31-63(59)53-65,66-46-44-60-26-12-14-32-64(60)54-66)83-58-86(89-77-37-19-24-42-87(77)96-90(89)88(76)83)95(85-41-23-18-34-71(85)62-29-9-6-10-30-62)69-48-51-75-73-36-16-21-39-79(73)92(3,4)81(75)56-69/h5-58,76,82H,1-4H3. The molecule has 0 fully saturated rings. The number of benzene rings is 14. The minimum absolute atomic E-state index is 0.150. The summed E-state index contributed by atoms with van der Waals surface area (Å²) < 4.78 is 7.75. The van der Waals surface area contributed by atoms with Crippen molar-refractivity contribution in [2.45, 2.75) is 49.9 Å². The summed E-state index contributed by atoms with van der Waals surface area (Å²) in [6.45, 7) is 9.57.